The van der Waals surface area contributed by atoms with Crippen molar-refractivity contribution in [1.29, 1.82) is 0 Å². The van der Waals surface area contributed by atoms with E-state index in [4.69, 9.17) is 0 Å². The van der Waals surface area contributed by atoms with Crippen molar-refractivity contribution in [2.24, 2.45) is 0 Å². The summed E-state index contributed by atoms with van der Waals surface area (Å²) in [5, 5.41) is 24.6. The van der Waals surface area contributed by atoms with Crippen molar-refractivity contribution < 1.29 is 0 Å². The van der Waals surface area contributed by atoms with Gasteiger partial charge in [0.1, 0.15) is 0 Å². The molecule has 0 amide bonds. The predicted octanol–water partition coefficient (Wildman–Crippen LogP) is 39.6. The minimum atomic E-state index is 0.961. The molecule has 0 aliphatic heterocycles. The zero-order chi connectivity index (χ0) is 95.6. The summed E-state index contributed by atoms with van der Waals surface area (Å²) in [7, 11) is 0. The van der Waals surface area contributed by atoms with Gasteiger partial charge in [0.05, 0.1) is 5.52 Å². The summed E-state index contributed by atoms with van der Waals surface area (Å²) in [6, 6.07) is 113. The summed E-state index contributed by atoms with van der Waals surface area (Å²) >= 11 is 0. The Hall–Kier alpha value is -12.8. The van der Waals surface area contributed by atoms with Gasteiger partial charge in [-0.25, -0.2) is 0 Å². The number of aryl methyl sites for hydroxylation is 4. The molecule has 4 nitrogen and oxygen atoms in total. The summed E-state index contributed by atoms with van der Waals surface area (Å²) in [5.41, 5.74) is 33.8. The molecule has 0 atom stereocenters. The third-order valence-corrected chi connectivity index (χ3v) is 24.9. The summed E-state index contributed by atoms with van der Waals surface area (Å²) in [5.74, 6) is 0. The fourth-order valence-corrected chi connectivity index (χ4v) is 20.2. The van der Waals surface area contributed by atoms with Crippen LogP contribution in [0.1, 0.15) is 238 Å². The van der Waals surface area contributed by atoms with E-state index in [1.807, 2.05) is 166 Å². The fourth-order valence-electron chi connectivity index (χ4n) is 20.2. The van der Waals surface area contributed by atoms with Crippen molar-refractivity contribution in [3.63, 3.8) is 0 Å². The van der Waals surface area contributed by atoms with Gasteiger partial charge in [0.25, 0.3) is 0 Å². The highest BCUT2D eigenvalue weighted by Crippen LogP contribution is 2.50. The lowest BCUT2D eigenvalue weighted by Crippen LogP contribution is -1.94. The average Bonchev–Trinajstić information content (AvgIpc) is 1.55. The fraction of sp³-hybridized carbons (Fsp3) is 0.281. The lowest BCUT2D eigenvalue weighted by atomic mass is 9.96. The van der Waals surface area contributed by atoms with Crippen LogP contribution in [0.5, 0.6) is 0 Å². The van der Waals surface area contributed by atoms with Crippen molar-refractivity contribution in [1.82, 2.24) is 18.3 Å². The Labute approximate surface area is 792 Å². The first-order chi connectivity index (χ1) is 65.4. The molecule has 0 unspecified atom stereocenters. The molecule has 0 radical (unpaired) electrons. The molecule has 682 valence electrons. The molecule has 132 heavy (non-hydrogen) atoms. The molecular weight excluding hydrogens is 1590 g/mol. The van der Waals surface area contributed by atoms with Crippen LogP contribution in [0, 0.1) is 0 Å². The van der Waals surface area contributed by atoms with Crippen LogP contribution in [0.15, 0.2) is 303 Å². The van der Waals surface area contributed by atoms with Gasteiger partial charge < -0.3 is 18.3 Å². The standard InChI is InChI=1S/C29H21N.3C25H19N.12C2H6/c1-2-30-27-17-25-19(15-18-9-3-4-10-20(18)25)16-26(27)28-23-13-7-5-11-21(23)22-12-6-8-14-24(22)29(28)30;1-2-26-24-10-6-5-9-20(24)23-14-19-12-18-11-16-7-3-4-8-17(16)13-21(18)22(19)15-25(23)26;1-2-26-24-10-6-5-9-20(24)23-14-17-13-22-18-8-4-3-7-16(18)11-12-19(22)21(17)15-25(23)26;1-2-26-23-10-6-5-9-20(23)22-14-18-13-17-12-11-16-7-3-4-8-19(16)25(17)21(18)15-24(22)26;12*1-2/h3-14,16-17H,2,15H2,1H3;3-11,13-15H,2,12H2,1H3;2*3-12,14-15H,2,13H2,1H3;12*1-2H3. The van der Waals surface area contributed by atoms with Gasteiger partial charge in [-0.1, -0.05) is 397 Å². The lowest BCUT2D eigenvalue weighted by Gasteiger charge is -2.10. The quantitative estimate of drug-likeness (QED) is 0.157. The molecular formula is C128H150N4. The summed E-state index contributed by atoms with van der Waals surface area (Å²) in [6.45, 7) is 60.9. The number of hydrogen-bond donors (Lipinski definition) is 0. The van der Waals surface area contributed by atoms with Crippen molar-refractivity contribution in [3.8, 4) is 44.5 Å². The SMILES string of the molecule is CC.CC.CC.CC.CC.CC.CC.CC.CC.CC.CC.CC.CCn1c2cc3c(cc2c2c4ccccc4c4ccccc4c21)Cc1ccccc1-3.CCn1c2ccccc2c2cc3c(cc21)-c1c(ccc2ccccc12)C3.CCn1c2ccccc2c2cc3c(cc21)-c1cc2ccccc2cc1C3.CCn1c2ccccc2c2cc3c(cc21)-c1ccc2ccccc2c1C3. The molecule has 0 spiro atoms. The topological polar surface area (TPSA) is 19.7 Å². The van der Waals surface area contributed by atoms with Crippen LogP contribution >= 0.6 is 0 Å². The summed E-state index contributed by atoms with van der Waals surface area (Å²) in [6.07, 6.45) is 4.15. The van der Waals surface area contributed by atoms with Crippen LogP contribution in [0.2, 0.25) is 0 Å². The summed E-state index contributed by atoms with van der Waals surface area (Å²) in [4.78, 5) is 0. The Morgan fingerprint density at radius 1 is 0.174 bits per heavy atom. The Kier molecular flexibility index (Phi) is 37.2. The Balaban J connectivity index is 0.000000170. The molecule has 4 heterocycles. The molecule has 17 aromatic carbocycles. The monoisotopic (exact) mass is 1740 g/mol. The second kappa shape index (κ2) is 48.4. The van der Waals surface area contributed by atoms with Gasteiger partial charge in [-0.15, -0.1) is 0 Å². The van der Waals surface area contributed by atoms with E-state index in [0.717, 1.165) is 51.9 Å². The minimum Gasteiger partial charge on any atom is -0.341 e. The molecule has 4 heteroatoms. The van der Waals surface area contributed by atoms with Gasteiger partial charge >= 0.3 is 0 Å². The van der Waals surface area contributed by atoms with Crippen LogP contribution in [-0.2, 0) is 51.9 Å². The molecule has 4 aliphatic carbocycles. The Bertz CT molecular complexity index is 7370. The first kappa shape index (κ1) is 101. The van der Waals surface area contributed by atoms with Gasteiger partial charge in [-0.05, 0) is 264 Å². The van der Waals surface area contributed by atoms with E-state index in [2.05, 4.69) is 349 Å². The number of nitrogens with zero attached hydrogens (tertiary/aromatic N) is 4. The van der Waals surface area contributed by atoms with Gasteiger partial charge in [0.2, 0.25) is 0 Å². The van der Waals surface area contributed by atoms with Crippen LogP contribution in [0.3, 0.4) is 0 Å². The zero-order valence-electron chi connectivity index (χ0n) is 85.3. The van der Waals surface area contributed by atoms with Crippen molar-refractivity contribution >= 4 is 141 Å². The van der Waals surface area contributed by atoms with Crippen LogP contribution in [0.25, 0.3) is 186 Å². The Morgan fingerprint density at radius 2 is 0.485 bits per heavy atom. The van der Waals surface area contributed by atoms with E-state index in [9.17, 15) is 0 Å². The number of rotatable bonds is 4. The number of hydrogen-bond acceptors (Lipinski definition) is 0. The highest BCUT2D eigenvalue weighted by atomic mass is 15.0. The maximum Gasteiger partial charge on any atom is 0.0577 e. The first-order valence-electron chi connectivity index (χ1n) is 51.0. The third kappa shape index (κ3) is 18.5. The largest absolute Gasteiger partial charge is 0.341 e. The molecule has 25 rings (SSSR count). The van der Waals surface area contributed by atoms with Crippen molar-refractivity contribution in [2.75, 3.05) is 0 Å². The van der Waals surface area contributed by atoms with E-state index in [-0.39, 0.29) is 0 Å². The maximum absolute atomic E-state index is 2.53. The van der Waals surface area contributed by atoms with Crippen LogP contribution < -0.4 is 0 Å². The third-order valence-electron chi connectivity index (χ3n) is 24.9. The highest BCUT2D eigenvalue weighted by molar-refractivity contribution is 6.32. The van der Waals surface area contributed by atoms with Gasteiger partial charge in [0, 0.05) is 113 Å². The normalized spacial score (nSPS) is 11.0. The first-order valence-corrected chi connectivity index (χ1v) is 51.0. The van der Waals surface area contributed by atoms with Gasteiger partial charge in [0.15, 0.2) is 0 Å². The second-order valence-corrected chi connectivity index (χ2v) is 30.3. The van der Waals surface area contributed by atoms with E-state index in [1.165, 1.54) is 230 Å². The van der Waals surface area contributed by atoms with Crippen LogP contribution in [-0.4, -0.2) is 18.3 Å². The smallest absolute Gasteiger partial charge is 0.0577 e. The zero-order valence-corrected chi connectivity index (χ0v) is 85.3. The molecule has 0 N–H and O–H groups in total. The number of fused-ring (bicyclic) bond motifs is 34. The number of benzene rings is 17. The Morgan fingerprint density at radius 3 is 0.977 bits per heavy atom. The number of aromatic nitrogens is 4. The minimum absolute atomic E-state index is 0.961. The van der Waals surface area contributed by atoms with E-state index >= 15 is 0 Å². The van der Waals surface area contributed by atoms with E-state index < -0.39 is 0 Å². The van der Waals surface area contributed by atoms with Crippen molar-refractivity contribution in [2.45, 2.75) is 246 Å². The maximum atomic E-state index is 2.53. The molecule has 4 aromatic heterocycles. The van der Waals surface area contributed by atoms with Crippen molar-refractivity contribution in [3.05, 3.63) is 348 Å². The molecule has 4 aliphatic rings. The average molecular weight is 1740 g/mol. The summed E-state index contributed by atoms with van der Waals surface area (Å²) < 4.78 is 9.88. The lowest BCUT2D eigenvalue weighted by molar-refractivity contribution is 0.827. The molecule has 0 bridgehead atoms. The molecule has 0 fully saturated rings. The number of para-hydroxylation sites is 3. The van der Waals surface area contributed by atoms with E-state index in [1.54, 1.807) is 0 Å². The highest BCUT2D eigenvalue weighted by Gasteiger charge is 2.29. The molecule has 21 aromatic rings. The molecule has 0 saturated heterocycles. The predicted molar refractivity (Wildman–Crippen MR) is 597 cm³/mol. The van der Waals surface area contributed by atoms with E-state index in [0.29, 0.717) is 0 Å². The van der Waals surface area contributed by atoms with Gasteiger partial charge in [-0.3, -0.25) is 0 Å². The van der Waals surface area contributed by atoms with Crippen LogP contribution in [0.4, 0.5) is 0 Å². The van der Waals surface area contributed by atoms with Gasteiger partial charge in [-0.2, -0.15) is 0 Å². The molecule has 0 saturated carbocycles. The second-order valence-electron chi connectivity index (χ2n) is 30.3.